The molecular weight excluding hydrogens is 296 g/mol. The Morgan fingerprint density at radius 2 is 1.96 bits per heavy atom. The smallest absolute Gasteiger partial charge is 0.308 e. The highest BCUT2D eigenvalue weighted by Gasteiger charge is 2.38. The predicted molar refractivity (Wildman–Crippen MR) is 85.4 cm³/mol. The third-order valence-corrected chi connectivity index (χ3v) is 4.72. The number of carboxylic acids is 1. The number of para-hydroxylation sites is 1. The summed E-state index contributed by atoms with van der Waals surface area (Å²) in [6.07, 6.45) is 0.436. The zero-order valence-electron chi connectivity index (χ0n) is 13.0. The van der Waals surface area contributed by atoms with E-state index in [4.69, 9.17) is 0 Å². The molecule has 0 spiro atoms. The zero-order valence-corrected chi connectivity index (χ0v) is 13.0. The first-order chi connectivity index (χ1) is 10.9. The highest BCUT2D eigenvalue weighted by molar-refractivity contribution is 6.06. The Morgan fingerprint density at radius 1 is 1.26 bits per heavy atom. The molecule has 1 aliphatic heterocycles. The molecule has 0 radical (unpaired) electrons. The van der Waals surface area contributed by atoms with E-state index in [0.717, 1.165) is 0 Å². The molecule has 2 atom stereocenters. The second-order valence-electron chi connectivity index (χ2n) is 5.94. The van der Waals surface area contributed by atoms with Gasteiger partial charge in [0.15, 0.2) is 0 Å². The van der Waals surface area contributed by atoms with Crippen LogP contribution in [0.4, 0.5) is 0 Å². The number of rotatable bonds is 2. The SMILES string of the molecule is CC1C(C(=O)O)CCN1C(=O)c1cc(=O)n(C)c2ccccc12. The number of amides is 1. The minimum atomic E-state index is -0.887. The normalized spacial score (nSPS) is 20.9. The summed E-state index contributed by atoms with van der Waals surface area (Å²) in [5.74, 6) is -1.73. The number of aryl methyl sites for hydroxylation is 1. The van der Waals surface area contributed by atoms with E-state index in [-0.39, 0.29) is 17.5 Å². The van der Waals surface area contributed by atoms with Crippen molar-refractivity contribution in [2.24, 2.45) is 13.0 Å². The molecule has 0 saturated carbocycles. The first-order valence-corrected chi connectivity index (χ1v) is 7.54. The maximum Gasteiger partial charge on any atom is 0.308 e. The fourth-order valence-corrected chi connectivity index (χ4v) is 3.30. The van der Waals surface area contributed by atoms with Gasteiger partial charge < -0.3 is 14.6 Å². The maximum atomic E-state index is 12.9. The van der Waals surface area contributed by atoms with E-state index in [0.29, 0.717) is 29.4 Å². The highest BCUT2D eigenvalue weighted by atomic mass is 16.4. The van der Waals surface area contributed by atoms with Crippen molar-refractivity contribution in [2.45, 2.75) is 19.4 Å². The van der Waals surface area contributed by atoms with Crippen molar-refractivity contribution in [3.63, 3.8) is 0 Å². The van der Waals surface area contributed by atoms with E-state index in [1.54, 1.807) is 31.0 Å². The average Bonchev–Trinajstić information content (AvgIpc) is 2.92. The monoisotopic (exact) mass is 314 g/mol. The van der Waals surface area contributed by atoms with Gasteiger partial charge in [0.05, 0.1) is 17.0 Å². The number of carboxylic acid groups (broad SMARTS) is 1. The first kappa shape index (κ1) is 15.3. The van der Waals surface area contributed by atoms with Crippen molar-refractivity contribution in [3.05, 3.63) is 46.2 Å². The number of pyridine rings is 1. The number of carbonyl (C=O) groups is 2. The average molecular weight is 314 g/mol. The number of nitrogens with zero attached hydrogens (tertiary/aromatic N) is 2. The number of hydrogen-bond donors (Lipinski definition) is 1. The van der Waals surface area contributed by atoms with Crippen LogP contribution in [0.25, 0.3) is 10.9 Å². The summed E-state index contributed by atoms with van der Waals surface area (Å²) in [5.41, 5.74) is 0.764. The molecule has 1 aliphatic rings. The molecule has 1 aromatic heterocycles. The number of likely N-dealkylation sites (tertiary alicyclic amines) is 1. The molecule has 0 bridgehead atoms. The van der Waals surface area contributed by atoms with Crippen LogP contribution >= 0.6 is 0 Å². The molecule has 2 heterocycles. The molecule has 1 aromatic carbocycles. The quantitative estimate of drug-likeness (QED) is 0.910. The molecule has 3 rings (SSSR count). The van der Waals surface area contributed by atoms with Gasteiger partial charge in [-0.2, -0.15) is 0 Å². The third-order valence-electron chi connectivity index (χ3n) is 4.72. The third kappa shape index (κ3) is 2.40. The summed E-state index contributed by atoms with van der Waals surface area (Å²) in [6, 6.07) is 8.18. The van der Waals surface area contributed by atoms with Crippen molar-refractivity contribution in [3.8, 4) is 0 Å². The Morgan fingerprint density at radius 3 is 2.61 bits per heavy atom. The largest absolute Gasteiger partial charge is 0.481 e. The van der Waals surface area contributed by atoms with Gasteiger partial charge >= 0.3 is 5.97 Å². The van der Waals surface area contributed by atoms with E-state index in [1.807, 2.05) is 12.1 Å². The van der Waals surface area contributed by atoms with E-state index in [9.17, 15) is 19.5 Å². The van der Waals surface area contributed by atoms with Crippen LogP contribution in [0.15, 0.2) is 35.1 Å². The van der Waals surface area contributed by atoms with Crippen LogP contribution in [0.2, 0.25) is 0 Å². The Hall–Kier alpha value is -2.63. The van der Waals surface area contributed by atoms with Gasteiger partial charge in [0.2, 0.25) is 0 Å². The number of hydrogen-bond acceptors (Lipinski definition) is 3. The molecule has 120 valence electrons. The molecular formula is C17H18N2O4. The van der Waals surface area contributed by atoms with Gasteiger partial charge in [0.1, 0.15) is 0 Å². The molecule has 23 heavy (non-hydrogen) atoms. The lowest BCUT2D eigenvalue weighted by atomic mass is 10.0. The molecule has 0 aliphatic carbocycles. The van der Waals surface area contributed by atoms with E-state index < -0.39 is 11.9 Å². The standard InChI is InChI=1S/C17H18N2O4/c1-10-11(17(22)23)7-8-19(10)16(21)13-9-15(20)18(2)14-6-4-3-5-12(13)14/h3-6,9-11H,7-8H2,1-2H3,(H,22,23). The lowest BCUT2D eigenvalue weighted by Gasteiger charge is -2.24. The van der Waals surface area contributed by atoms with Crippen LogP contribution in [0.5, 0.6) is 0 Å². The molecule has 1 saturated heterocycles. The van der Waals surface area contributed by atoms with Gasteiger partial charge in [0, 0.05) is 31.1 Å². The van der Waals surface area contributed by atoms with Crippen molar-refractivity contribution in [1.82, 2.24) is 9.47 Å². The predicted octanol–water partition coefficient (Wildman–Crippen LogP) is 1.47. The summed E-state index contributed by atoms with van der Waals surface area (Å²) in [4.78, 5) is 37.8. The molecule has 6 heteroatoms. The molecule has 6 nitrogen and oxygen atoms in total. The zero-order chi connectivity index (χ0) is 16.7. The minimum absolute atomic E-state index is 0.256. The summed E-state index contributed by atoms with van der Waals surface area (Å²) in [6.45, 7) is 2.13. The molecule has 1 amide bonds. The van der Waals surface area contributed by atoms with Gasteiger partial charge in [-0.05, 0) is 19.4 Å². The summed E-state index contributed by atoms with van der Waals surface area (Å²) >= 11 is 0. The molecule has 1 fully saturated rings. The van der Waals surface area contributed by atoms with Gasteiger partial charge in [-0.3, -0.25) is 14.4 Å². The Bertz CT molecular complexity index is 855. The van der Waals surface area contributed by atoms with Crippen molar-refractivity contribution < 1.29 is 14.7 Å². The number of aromatic nitrogens is 1. The van der Waals surface area contributed by atoms with Crippen LogP contribution in [-0.4, -0.2) is 39.0 Å². The van der Waals surface area contributed by atoms with Gasteiger partial charge in [-0.15, -0.1) is 0 Å². The summed E-state index contributed by atoms with van der Waals surface area (Å²) in [7, 11) is 1.66. The summed E-state index contributed by atoms with van der Waals surface area (Å²) < 4.78 is 1.50. The van der Waals surface area contributed by atoms with E-state index in [2.05, 4.69) is 0 Å². The highest BCUT2D eigenvalue weighted by Crippen LogP contribution is 2.27. The van der Waals surface area contributed by atoms with Crippen molar-refractivity contribution >= 4 is 22.8 Å². The lowest BCUT2D eigenvalue weighted by Crippen LogP contribution is -2.38. The van der Waals surface area contributed by atoms with Gasteiger partial charge in [0.25, 0.3) is 11.5 Å². The number of fused-ring (bicyclic) bond motifs is 1. The van der Waals surface area contributed by atoms with Crippen molar-refractivity contribution in [2.75, 3.05) is 6.54 Å². The Balaban J connectivity index is 2.08. The van der Waals surface area contributed by atoms with Gasteiger partial charge in [-0.1, -0.05) is 18.2 Å². The number of benzene rings is 1. The van der Waals surface area contributed by atoms with Crippen LogP contribution in [0, 0.1) is 5.92 Å². The fraction of sp³-hybridized carbons (Fsp3) is 0.353. The Kier molecular flexibility index (Phi) is 3.67. The molecule has 1 N–H and O–H groups in total. The van der Waals surface area contributed by atoms with Gasteiger partial charge in [-0.25, -0.2) is 0 Å². The summed E-state index contributed by atoms with van der Waals surface area (Å²) in [5, 5.41) is 9.91. The van der Waals surface area contributed by atoms with Crippen molar-refractivity contribution in [1.29, 1.82) is 0 Å². The van der Waals surface area contributed by atoms with Crippen LogP contribution in [0.3, 0.4) is 0 Å². The van der Waals surface area contributed by atoms with E-state index >= 15 is 0 Å². The first-order valence-electron chi connectivity index (χ1n) is 7.54. The lowest BCUT2D eigenvalue weighted by molar-refractivity contribution is -0.142. The van der Waals surface area contributed by atoms with Crippen LogP contribution in [0.1, 0.15) is 23.7 Å². The second kappa shape index (κ2) is 5.53. The van der Waals surface area contributed by atoms with Crippen LogP contribution in [-0.2, 0) is 11.8 Å². The number of aliphatic carboxylic acids is 1. The Labute approximate surface area is 132 Å². The van der Waals surface area contributed by atoms with E-state index in [1.165, 1.54) is 10.6 Å². The van der Waals surface area contributed by atoms with Crippen LogP contribution < -0.4 is 5.56 Å². The second-order valence-corrected chi connectivity index (χ2v) is 5.94. The topological polar surface area (TPSA) is 79.6 Å². The molecule has 2 aromatic rings. The number of carbonyl (C=O) groups excluding carboxylic acids is 1. The minimum Gasteiger partial charge on any atom is -0.481 e. The maximum absolute atomic E-state index is 12.9. The fourth-order valence-electron chi connectivity index (χ4n) is 3.30. The molecule has 2 unspecified atom stereocenters.